The summed E-state index contributed by atoms with van der Waals surface area (Å²) in [7, 11) is 0. The summed E-state index contributed by atoms with van der Waals surface area (Å²) in [6, 6.07) is 11.8. The van der Waals surface area contributed by atoms with E-state index in [2.05, 4.69) is 20.8 Å². The van der Waals surface area contributed by atoms with E-state index in [4.69, 9.17) is 9.15 Å². The number of aromatic nitrogens is 2. The maximum Gasteiger partial charge on any atom is 0.416 e. The largest absolute Gasteiger partial charge is 0.444 e. The Morgan fingerprint density at radius 1 is 1.03 bits per heavy atom. The second-order valence-corrected chi connectivity index (χ2v) is 7.93. The van der Waals surface area contributed by atoms with E-state index < -0.39 is 23.4 Å². The maximum absolute atomic E-state index is 12.8. The summed E-state index contributed by atoms with van der Waals surface area (Å²) in [5.41, 5.74) is 0.344. The molecule has 0 fully saturated rings. The van der Waals surface area contributed by atoms with Gasteiger partial charge in [0.1, 0.15) is 5.60 Å². The molecule has 0 bridgehead atoms. The topological polar surface area (TPSA) is 89.3 Å². The van der Waals surface area contributed by atoms with Gasteiger partial charge in [0.05, 0.1) is 16.8 Å². The minimum atomic E-state index is -4.39. The van der Waals surface area contributed by atoms with Crippen molar-refractivity contribution in [2.24, 2.45) is 0 Å². The van der Waals surface area contributed by atoms with Gasteiger partial charge in [-0.15, -0.1) is 10.2 Å². The van der Waals surface area contributed by atoms with Crippen molar-refractivity contribution in [2.75, 3.05) is 11.9 Å². The van der Waals surface area contributed by atoms with E-state index in [9.17, 15) is 18.0 Å². The third kappa shape index (κ3) is 6.47. The lowest BCUT2D eigenvalue weighted by atomic mass is 10.1. The summed E-state index contributed by atoms with van der Waals surface area (Å²) < 4.78 is 49.1. The van der Waals surface area contributed by atoms with Crippen molar-refractivity contribution in [2.45, 2.75) is 39.0 Å². The molecule has 32 heavy (non-hydrogen) atoms. The molecule has 1 heterocycles. The molecule has 0 aliphatic rings. The summed E-state index contributed by atoms with van der Waals surface area (Å²) in [5.74, 6) is 0.563. The smallest absolute Gasteiger partial charge is 0.416 e. The predicted octanol–water partition coefficient (Wildman–Crippen LogP) is 5.57. The highest BCUT2D eigenvalue weighted by atomic mass is 19.4. The van der Waals surface area contributed by atoms with Crippen LogP contribution in [0, 0.1) is 0 Å². The Balaban J connectivity index is 1.66. The molecule has 0 atom stereocenters. The molecule has 3 aromatic rings. The van der Waals surface area contributed by atoms with Gasteiger partial charge in [-0.2, -0.15) is 13.2 Å². The quantitative estimate of drug-likeness (QED) is 0.513. The van der Waals surface area contributed by atoms with Crippen LogP contribution in [0.25, 0.3) is 11.5 Å². The number of amides is 1. The molecule has 0 radical (unpaired) electrons. The second-order valence-electron chi connectivity index (χ2n) is 7.93. The van der Waals surface area contributed by atoms with Crippen LogP contribution in [0.1, 0.15) is 32.2 Å². The fourth-order valence-electron chi connectivity index (χ4n) is 2.73. The van der Waals surface area contributed by atoms with Gasteiger partial charge in [-0.1, -0.05) is 12.1 Å². The van der Waals surface area contributed by atoms with E-state index in [-0.39, 0.29) is 12.4 Å². The van der Waals surface area contributed by atoms with Crippen LogP contribution in [0.5, 0.6) is 0 Å². The molecule has 1 amide bonds. The van der Waals surface area contributed by atoms with Crippen molar-refractivity contribution in [3.8, 4) is 11.5 Å². The number of carbonyl (C=O) groups is 1. The Morgan fingerprint density at radius 3 is 2.38 bits per heavy atom. The molecular weight excluding hydrogens is 425 g/mol. The van der Waals surface area contributed by atoms with Crippen LogP contribution >= 0.6 is 0 Å². The fourth-order valence-corrected chi connectivity index (χ4v) is 2.73. The van der Waals surface area contributed by atoms with Gasteiger partial charge in [0, 0.05) is 18.7 Å². The van der Waals surface area contributed by atoms with Crippen LogP contribution in [0.15, 0.2) is 52.9 Å². The lowest BCUT2D eigenvalue weighted by Crippen LogP contribution is -2.33. The first kappa shape index (κ1) is 23.1. The molecule has 1 aromatic heterocycles. The third-order valence-corrected chi connectivity index (χ3v) is 4.12. The molecule has 7 nitrogen and oxygen atoms in total. The first-order valence-corrected chi connectivity index (χ1v) is 9.84. The average Bonchev–Trinajstić information content (AvgIpc) is 3.15. The normalized spacial score (nSPS) is 11.8. The minimum Gasteiger partial charge on any atom is -0.444 e. The highest BCUT2D eigenvalue weighted by Gasteiger charge is 2.30. The maximum atomic E-state index is 12.8. The number of hydrogen-bond donors (Lipinski definition) is 2. The minimum absolute atomic E-state index is 0.243. The number of hydrogen-bond acceptors (Lipinski definition) is 6. The fraction of sp³-hybridized carbons (Fsp3) is 0.318. The van der Waals surface area contributed by atoms with E-state index in [1.165, 1.54) is 12.1 Å². The first-order chi connectivity index (χ1) is 15.0. The van der Waals surface area contributed by atoms with Crippen molar-refractivity contribution in [1.82, 2.24) is 15.5 Å². The van der Waals surface area contributed by atoms with Gasteiger partial charge in [0.2, 0.25) is 11.8 Å². The monoisotopic (exact) mass is 448 g/mol. The summed E-state index contributed by atoms with van der Waals surface area (Å²) in [5, 5.41) is 13.7. The van der Waals surface area contributed by atoms with E-state index in [1.54, 1.807) is 45.0 Å². The summed E-state index contributed by atoms with van der Waals surface area (Å²) in [6.45, 7) is 5.56. The van der Waals surface area contributed by atoms with Crippen LogP contribution in [-0.4, -0.2) is 28.4 Å². The zero-order chi connectivity index (χ0) is 23.4. The van der Waals surface area contributed by atoms with Gasteiger partial charge >= 0.3 is 12.3 Å². The average molecular weight is 448 g/mol. The lowest BCUT2D eigenvalue weighted by Gasteiger charge is -2.19. The van der Waals surface area contributed by atoms with Crippen molar-refractivity contribution >= 4 is 17.5 Å². The Hall–Kier alpha value is -3.56. The van der Waals surface area contributed by atoms with Gasteiger partial charge in [-0.3, -0.25) is 0 Å². The predicted molar refractivity (Wildman–Crippen MR) is 112 cm³/mol. The second kappa shape index (κ2) is 9.29. The highest BCUT2D eigenvalue weighted by molar-refractivity contribution is 5.76. The molecule has 0 aliphatic carbocycles. The highest BCUT2D eigenvalue weighted by Crippen LogP contribution is 2.32. The molecule has 2 N–H and O–H groups in total. The third-order valence-electron chi connectivity index (χ3n) is 4.12. The van der Waals surface area contributed by atoms with E-state index in [0.29, 0.717) is 29.2 Å². The number of carbonyl (C=O) groups excluding carboxylic acids is 1. The molecule has 0 aliphatic heterocycles. The van der Waals surface area contributed by atoms with Crippen LogP contribution < -0.4 is 10.6 Å². The van der Waals surface area contributed by atoms with Gasteiger partial charge < -0.3 is 19.8 Å². The van der Waals surface area contributed by atoms with Crippen molar-refractivity contribution < 1.29 is 27.1 Å². The molecule has 2 aromatic carbocycles. The number of ether oxygens (including phenoxy) is 1. The number of halogens is 3. The number of alkyl halides is 3. The van der Waals surface area contributed by atoms with Crippen LogP contribution in [0.4, 0.5) is 29.3 Å². The van der Waals surface area contributed by atoms with E-state index in [0.717, 1.165) is 12.1 Å². The number of para-hydroxylation sites is 1. The summed E-state index contributed by atoms with van der Waals surface area (Å²) in [4.78, 5) is 11.7. The summed E-state index contributed by atoms with van der Waals surface area (Å²) >= 11 is 0. The number of nitrogens with one attached hydrogen (secondary N) is 2. The molecule has 0 saturated heterocycles. The van der Waals surface area contributed by atoms with Gasteiger partial charge in [0.15, 0.2) is 0 Å². The van der Waals surface area contributed by atoms with Crippen molar-refractivity contribution in [1.29, 1.82) is 0 Å². The van der Waals surface area contributed by atoms with Crippen LogP contribution in [-0.2, 0) is 17.3 Å². The van der Waals surface area contributed by atoms with Crippen molar-refractivity contribution in [3.63, 3.8) is 0 Å². The van der Waals surface area contributed by atoms with Crippen LogP contribution in [0.2, 0.25) is 0 Å². The zero-order valence-electron chi connectivity index (χ0n) is 17.8. The van der Waals surface area contributed by atoms with E-state index >= 15 is 0 Å². The SMILES string of the molecule is CC(C)(C)OC(=O)NCCc1nnc(-c2ccccc2Nc2ccc(C(F)(F)F)cc2)o1. The van der Waals surface area contributed by atoms with Gasteiger partial charge in [0.25, 0.3) is 0 Å². The Morgan fingerprint density at radius 2 is 1.72 bits per heavy atom. The number of nitrogens with zero attached hydrogens (tertiary/aromatic N) is 2. The molecular formula is C22H23F3N4O3. The Bertz CT molecular complexity index is 1060. The number of rotatable bonds is 6. The Labute approximate surface area is 183 Å². The lowest BCUT2D eigenvalue weighted by molar-refractivity contribution is -0.137. The molecule has 170 valence electrons. The standard InChI is InChI=1S/C22H23F3N4O3/c1-21(2,3)32-20(30)26-13-12-18-28-29-19(31-18)16-6-4-5-7-17(16)27-15-10-8-14(9-11-15)22(23,24)25/h4-11,27H,12-13H2,1-3H3,(H,26,30). The molecule has 0 saturated carbocycles. The zero-order valence-corrected chi connectivity index (χ0v) is 17.8. The molecule has 0 unspecified atom stereocenters. The molecule has 3 rings (SSSR count). The molecule has 10 heteroatoms. The first-order valence-electron chi connectivity index (χ1n) is 9.84. The molecule has 0 spiro atoms. The van der Waals surface area contributed by atoms with E-state index in [1.807, 2.05) is 0 Å². The van der Waals surface area contributed by atoms with Gasteiger partial charge in [-0.05, 0) is 57.2 Å². The van der Waals surface area contributed by atoms with Gasteiger partial charge in [-0.25, -0.2) is 4.79 Å². The van der Waals surface area contributed by atoms with Crippen molar-refractivity contribution in [3.05, 3.63) is 60.0 Å². The number of benzene rings is 2. The number of anilines is 2. The number of alkyl carbamates (subject to hydrolysis) is 1. The summed E-state index contributed by atoms with van der Waals surface area (Å²) in [6.07, 6.45) is -4.63. The van der Waals surface area contributed by atoms with Crippen LogP contribution in [0.3, 0.4) is 0 Å². The Kier molecular flexibility index (Phi) is 6.71.